The summed E-state index contributed by atoms with van der Waals surface area (Å²) in [5, 5.41) is 0. The summed E-state index contributed by atoms with van der Waals surface area (Å²) in [6.07, 6.45) is 3.25. The Balaban J connectivity index is 1.34. The summed E-state index contributed by atoms with van der Waals surface area (Å²) in [6.45, 7) is 1.38. The molecule has 28 heavy (non-hydrogen) atoms. The van der Waals surface area contributed by atoms with E-state index >= 15 is 0 Å². The number of benzene rings is 2. The van der Waals surface area contributed by atoms with Crippen LogP contribution in [0.25, 0.3) is 0 Å². The summed E-state index contributed by atoms with van der Waals surface area (Å²) >= 11 is 0. The first-order chi connectivity index (χ1) is 13.6. The predicted octanol–water partition coefficient (Wildman–Crippen LogP) is 3.29. The maximum Gasteiger partial charge on any atom is 0.236 e. The second-order valence-corrected chi connectivity index (χ2v) is 7.79. The lowest BCUT2D eigenvalue weighted by molar-refractivity contribution is -0.132. The molecule has 1 aliphatic heterocycles. The minimum absolute atomic E-state index is 0.105. The van der Waals surface area contributed by atoms with Gasteiger partial charge in [-0.3, -0.25) is 9.69 Å². The highest BCUT2D eigenvalue weighted by Crippen LogP contribution is 2.33. The van der Waals surface area contributed by atoms with Crippen LogP contribution in [0.1, 0.15) is 30.0 Å². The van der Waals surface area contributed by atoms with Gasteiger partial charge in [-0.25, -0.2) is 0 Å². The molecule has 0 N–H and O–H groups in total. The zero-order valence-corrected chi connectivity index (χ0v) is 16.6. The first-order valence-electron chi connectivity index (χ1n) is 10.0. The molecule has 1 heterocycles. The third kappa shape index (κ3) is 3.99. The Morgan fingerprint density at radius 1 is 1.07 bits per heavy atom. The molecule has 2 atom stereocenters. The third-order valence-corrected chi connectivity index (χ3v) is 5.73. The fraction of sp³-hybridized carbons (Fsp3) is 0.435. The van der Waals surface area contributed by atoms with E-state index in [0.717, 1.165) is 24.3 Å². The highest BCUT2D eigenvalue weighted by atomic mass is 16.6. The number of amides is 1. The number of carbonyl (C=O) groups excluding carboxylic acids is 1. The summed E-state index contributed by atoms with van der Waals surface area (Å²) < 4.78 is 11.7. The average Bonchev–Trinajstić information content (AvgIpc) is 2.73. The van der Waals surface area contributed by atoms with E-state index in [1.165, 1.54) is 17.5 Å². The molecule has 0 spiro atoms. The van der Waals surface area contributed by atoms with E-state index in [9.17, 15) is 4.79 Å². The normalized spacial score (nSPS) is 20.5. The zero-order chi connectivity index (χ0) is 19.5. The fourth-order valence-electron chi connectivity index (χ4n) is 4.19. The zero-order valence-electron chi connectivity index (χ0n) is 16.6. The van der Waals surface area contributed by atoms with Gasteiger partial charge >= 0.3 is 0 Å². The number of fused-ring (bicyclic) bond motifs is 2. The monoisotopic (exact) mass is 380 g/mol. The number of rotatable bonds is 5. The van der Waals surface area contributed by atoms with Gasteiger partial charge in [0, 0.05) is 13.1 Å². The molecule has 1 aliphatic carbocycles. The fourth-order valence-corrected chi connectivity index (χ4v) is 4.19. The summed E-state index contributed by atoms with van der Waals surface area (Å²) in [5.41, 5.74) is 2.78. The number of hydrogen-bond donors (Lipinski definition) is 0. The summed E-state index contributed by atoms with van der Waals surface area (Å²) in [4.78, 5) is 16.8. The van der Waals surface area contributed by atoms with Crippen LogP contribution < -0.4 is 9.47 Å². The van der Waals surface area contributed by atoms with Crippen molar-refractivity contribution in [2.75, 3.05) is 33.8 Å². The van der Waals surface area contributed by atoms with Crippen molar-refractivity contribution >= 4 is 5.91 Å². The maximum absolute atomic E-state index is 12.8. The Bertz CT molecular complexity index is 838. The molecule has 0 saturated heterocycles. The molecule has 2 aromatic rings. The van der Waals surface area contributed by atoms with E-state index in [1.807, 2.05) is 31.3 Å². The number of likely N-dealkylation sites (N-methyl/N-ethyl adjacent to an activating group) is 2. The van der Waals surface area contributed by atoms with Crippen LogP contribution in [0.15, 0.2) is 48.5 Å². The van der Waals surface area contributed by atoms with Crippen LogP contribution in [-0.4, -0.2) is 55.6 Å². The number of nitrogens with zero attached hydrogens (tertiary/aromatic N) is 2. The Kier molecular flexibility index (Phi) is 5.53. The van der Waals surface area contributed by atoms with Crippen molar-refractivity contribution in [3.8, 4) is 11.5 Å². The lowest BCUT2D eigenvalue weighted by atomic mass is 9.87. The summed E-state index contributed by atoms with van der Waals surface area (Å²) in [6, 6.07) is 16.6. The highest BCUT2D eigenvalue weighted by molar-refractivity contribution is 5.78. The van der Waals surface area contributed by atoms with E-state index in [-0.39, 0.29) is 12.0 Å². The van der Waals surface area contributed by atoms with Gasteiger partial charge in [0.1, 0.15) is 6.61 Å². The molecule has 0 unspecified atom stereocenters. The number of ether oxygens (including phenoxy) is 2. The van der Waals surface area contributed by atoms with Crippen molar-refractivity contribution in [2.24, 2.45) is 0 Å². The third-order valence-electron chi connectivity index (χ3n) is 5.73. The molecule has 4 rings (SSSR count). The largest absolute Gasteiger partial charge is 0.486 e. The standard InChI is InChI=1S/C23H28N2O3/c1-24(20-11-7-9-17-8-3-4-10-19(17)20)15-23(26)25(2)14-18-16-27-21-12-5-6-13-22(21)28-18/h3-6,8,10,12-13,18,20H,7,9,11,14-16H2,1-2H3/t18-,20+/m0/s1. The van der Waals surface area contributed by atoms with Gasteiger partial charge in [-0.15, -0.1) is 0 Å². The minimum atomic E-state index is -0.149. The predicted molar refractivity (Wildman–Crippen MR) is 109 cm³/mol. The first-order valence-corrected chi connectivity index (χ1v) is 10.0. The molecular weight excluding hydrogens is 352 g/mol. The van der Waals surface area contributed by atoms with Gasteiger partial charge < -0.3 is 14.4 Å². The quantitative estimate of drug-likeness (QED) is 0.798. The molecule has 5 heteroatoms. The smallest absolute Gasteiger partial charge is 0.236 e. The van der Waals surface area contributed by atoms with Crippen LogP contribution in [0.3, 0.4) is 0 Å². The molecule has 0 radical (unpaired) electrons. The van der Waals surface area contributed by atoms with E-state index in [4.69, 9.17) is 9.47 Å². The molecular formula is C23H28N2O3. The van der Waals surface area contributed by atoms with Crippen molar-refractivity contribution in [3.05, 3.63) is 59.7 Å². The van der Waals surface area contributed by atoms with Crippen LogP contribution >= 0.6 is 0 Å². The summed E-state index contributed by atoms with van der Waals surface area (Å²) in [5.74, 6) is 1.62. The number of aryl methyl sites for hydroxylation is 1. The molecule has 0 fully saturated rings. The Hall–Kier alpha value is -2.53. The number of hydrogen-bond acceptors (Lipinski definition) is 4. The van der Waals surface area contributed by atoms with Crippen molar-refractivity contribution in [1.29, 1.82) is 0 Å². The minimum Gasteiger partial charge on any atom is -0.486 e. The van der Waals surface area contributed by atoms with E-state index < -0.39 is 0 Å². The van der Waals surface area contributed by atoms with Crippen molar-refractivity contribution in [2.45, 2.75) is 31.4 Å². The van der Waals surface area contributed by atoms with Gasteiger partial charge in [-0.2, -0.15) is 0 Å². The van der Waals surface area contributed by atoms with Crippen molar-refractivity contribution in [1.82, 2.24) is 9.80 Å². The van der Waals surface area contributed by atoms with Crippen LogP contribution in [0, 0.1) is 0 Å². The molecule has 0 aromatic heterocycles. The maximum atomic E-state index is 12.8. The van der Waals surface area contributed by atoms with E-state index in [1.54, 1.807) is 4.90 Å². The van der Waals surface area contributed by atoms with E-state index in [2.05, 4.69) is 36.2 Å². The number of carbonyl (C=O) groups is 1. The molecule has 2 aliphatic rings. The highest BCUT2D eigenvalue weighted by Gasteiger charge is 2.27. The van der Waals surface area contributed by atoms with Gasteiger partial charge in [-0.1, -0.05) is 36.4 Å². The average molecular weight is 380 g/mol. The van der Waals surface area contributed by atoms with Crippen LogP contribution in [0.2, 0.25) is 0 Å². The Morgan fingerprint density at radius 2 is 1.82 bits per heavy atom. The van der Waals surface area contributed by atoms with Gasteiger partial charge in [-0.05, 0) is 49.6 Å². The first kappa shape index (κ1) is 18.8. The van der Waals surface area contributed by atoms with E-state index in [0.29, 0.717) is 25.7 Å². The summed E-state index contributed by atoms with van der Waals surface area (Å²) in [7, 11) is 3.89. The molecule has 0 bridgehead atoms. The molecule has 2 aromatic carbocycles. The van der Waals surface area contributed by atoms with Gasteiger partial charge in [0.15, 0.2) is 17.6 Å². The lowest BCUT2D eigenvalue weighted by Crippen LogP contribution is -2.45. The van der Waals surface area contributed by atoms with Crippen LogP contribution in [0.4, 0.5) is 0 Å². The van der Waals surface area contributed by atoms with Gasteiger partial charge in [0.2, 0.25) is 5.91 Å². The molecule has 5 nitrogen and oxygen atoms in total. The van der Waals surface area contributed by atoms with Crippen LogP contribution in [-0.2, 0) is 11.2 Å². The van der Waals surface area contributed by atoms with Gasteiger partial charge in [0.05, 0.1) is 13.1 Å². The van der Waals surface area contributed by atoms with Crippen LogP contribution in [0.5, 0.6) is 11.5 Å². The lowest BCUT2D eigenvalue weighted by Gasteiger charge is -2.34. The molecule has 0 saturated carbocycles. The van der Waals surface area contributed by atoms with Gasteiger partial charge in [0.25, 0.3) is 0 Å². The molecule has 1 amide bonds. The molecule has 148 valence electrons. The second kappa shape index (κ2) is 8.23. The van der Waals surface area contributed by atoms with Crippen molar-refractivity contribution in [3.63, 3.8) is 0 Å². The SMILES string of the molecule is CN(C[C@H]1COc2ccccc2O1)C(=O)CN(C)[C@@H]1CCCc2ccccc21. The Labute approximate surface area is 166 Å². The Morgan fingerprint density at radius 3 is 2.68 bits per heavy atom. The van der Waals surface area contributed by atoms with Crippen molar-refractivity contribution < 1.29 is 14.3 Å². The number of para-hydroxylation sites is 2. The topological polar surface area (TPSA) is 42.0 Å². The second-order valence-electron chi connectivity index (χ2n) is 7.79.